The van der Waals surface area contributed by atoms with Gasteiger partial charge in [0.2, 0.25) is 0 Å². The van der Waals surface area contributed by atoms with Crippen molar-refractivity contribution in [2.45, 2.75) is 13.5 Å². The van der Waals surface area contributed by atoms with Gasteiger partial charge in [-0.3, -0.25) is 0 Å². The fraction of sp³-hybridized carbons (Fsp3) is 0.214. The van der Waals surface area contributed by atoms with Crippen LogP contribution in [0.15, 0.2) is 34.1 Å². The molecular formula is C14H14BrNO3S. The number of nitrogens with two attached hydrogens (primary N) is 1. The van der Waals surface area contributed by atoms with Crippen LogP contribution in [-0.4, -0.2) is 12.6 Å². The number of ether oxygens (including phenoxy) is 2. The maximum Gasteiger partial charge on any atom is 0.338 e. The topological polar surface area (TPSA) is 61.5 Å². The smallest absolute Gasteiger partial charge is 0.338 e. The number of halogens is 1. The highest BCUT2D eigenvalue weighted by Gasteiger charge is 2.11. The molecule has 0 saturated carbocycles. The third-order valence-corrected chi connectivity index (χ3v) is 4.40. The normalized spacial score (nSPS) is 10.3. The second-order valence-corrected chi connectivity index (χ2v) is 5.85. The molecule has 0 aliphatic carbocycles. The van der Waals surface area contributed by atoms with Crippen molar-refractivity contribution in [1.29, 1.82) is 0 Å². The fourth-order valence-corrected chi connectivity index (χ4v) is 3.01. The van der Waals surface area contributed by atoms with E-state index in [1.54, 1.807) is 18.2 Å². The lowest BCUT2D eigenvalue weighted by molar-refractivity contribution is 0.0475. The van der Waals surface area contributed by atoms with Crippen LogP contribution >= 0.6 is 27.3 Å². The molecule has 1 aromatic heterocycles. The lowest BCUT2D eigenvalue weighted by atomic mass is 10.2. The van der Waals surface area contributed by atoms with Gasteiger partial charge in [-0.15, -0.1) is 11.3 Å². The first-order valence-electron chi connectivity index (χ1n) is 6.02. The molecular weight excluding hydrogens is 342 g/mol. The van der Waals surface area contributed by atoms with Crippen LogP contribution in [0.5, 0.6) is 5.75 Å². The second-order valence-electron chi connectivity index (χ2n) is 3.99. The van der Waals surface area contributed by atoms with Gasteiger partial charge in [-0.1, -0.05) is 0 Å². The van der Waals surface area contributed by atoms with Gasteiger partial charge in [0.05, 0.1) is 17.0 Å². The summed E-state index contributed by atoms with van der Waals surface area (Å²) in [7, 11) is 0. The van der Waals surface area contributed by atoms with Gasteiger partial charge in [0.1, 0.15) is 12.4 Å². The lowest BCUT2D eigenvalue weighted by Crippen LogP contribution is -2.06. The Morgan fingerprint density at radius 3 is 2.85 bits per heavy atom. The molecule has 0 fully saturated rings. The SMILES string of the molecule is CCOc1cc(N)cc(C(=O)OCc2sccc2Br)c1. The molecule has 0 bridgehead atoms. The number of nitrogen functional groups attached to an aromatic ring is 1. The summed E-state index contributed by atoms with van der Waals surface area (Å²) in [6.45, 7) is 2.62. The predicted octanol–water partition coefficient (Wildman–Crippen LogP) is 3.85. The zero-order valence-corrected chi connectivity index (χ0v) is 13.3. The van der Waals surface area contributed by atoms with Crippen molar-refractivity contribution in [2.75, 3.05) is 12.3 Å². The molecule has 2 aromatic rings. The molecule has 0 atom stereocenters. The number of carbonyl (C=O) groups excluding carboxylic acids is 1. The van der Waals surface area contributed by atoms with Gasteiger partial charge >= 0.3 is 5.97 Å². The summed E-state index contributed by atoms with van der Waals surface area (Å²) in [4.78, 5) is 13.0. The molecule has 2 N–H and O–H groups in total. The van der Waals surface area contributed by atoms with E-state index >= 15 is 0 Å². The summed E-state index contributed by atoms with van der Waals surface area (Å²) >= 11 is 4.92. The standard InChI is InChI=1S/C14H14BrNO3S/c1-2-18-11-6-9(5-10(16)7-11)14(17)19-8-13-12(15)3-4-20-13/h3-7H,2,8,16H2,1H3. The molecule has 0 unspecified atom stereocenters. The lowest BCUT2D eigenvalue weighted by Gasteiger charge is -2.08. The Morgan fingerprint density at radius 1 is 1.40 bits per heavy atom. The monoisotopic (exact) mass is 355 g/mol. The summed E-state index contributed by atoms with van der Waals surface area (Å²) in [6.07, 6.45) is 0. The van der Waals surface area contributed by atoms with Gasteiger partial charge in [-0.25, -0.2) is 4.79 Å². The molecule has 1 heterocycles. The van der Waals surface area contributed by atoms with E-state index in [2.05, 4.69) is 15.9 Å². The van der Waals surface area contributed by atoms with Crippen molar-refractivity contribution >= 4 is 38.9 Å². The quantitative estimate of drug-likeness (QED) is 0.653. The number of hydrogen-bond acceptors (Lipinski definition) is 5. The average Bonchev–Trinajstić information content (AvgIpc) is 2.81. The number of benzene rings is 1. The minimum Gasteiger partial charge on any atom is -0.494 e. The minimum absolute atomic E-state index is 0.232. The van der Waals surface area contributed by atoms with Gasteiger partial charge < -0.3 is 15.2 Å². The number of rotatable bonds is 5. The average molecular weight is 356 g/mol. The van der Waals surface area contributed by atoms with E-state index in [0.717, 1.165) is 9.35 Å². The minimum atomic E-state index is -0.418. The van der Waals surface area contributed by atoms with E-state index in [-0.39, 0.29) is 6.61 Å². The van der Waals surface area contributed by atoms with Crippen molar-refractivity contribution in [3.05, 3.63) is 44.6 Å². The highest BCUT2D eigenvalue weighted by molar-refractivity contribution is 9.10. The predicted molar refractivity (Wildman–Crippen MR) is 83.2 cm³/mol. The van der Waals surface area contributed by atoms with Crippen LogP contribution in [0.1, 0.15) is 22.2 Å². The van der Waals surface area contributed by atoms with Gasteiger partial charge in [0.15, 0.2) is 0 Å². The summed E-state index contributed by atoms with van der Waals surface area (Å²) in [5.41, 5.74) is 6.61. The third kappa shape index (κ3) is 3.74. The van der Waals surface area contributed by atoms with E-state index in [4.69, 9.17) is 15.2 Å². The number of anilines is 1. The van der Waals surface area contributed by atoms with Gasteiger partial charge in [0, 0.05) is 16.2 Å². The van der Waals surface area contributed by atoms with Crippen LogP contribution in [0.4, 0.5) is 5.69 Å². The molecule has 20 heavy (non-hydrogen) atoms. The van der Waals surface area contributed by atoms with Crippen molar-refractivity contribution in [3.8, 4) is 5.75 Å². The van der Waals surface area contributed by atoms with E-state index in [1.807, 2.05) is 18.4 Å². The van der Waals surface area contributed by atoms with Crippen molar-refractivity contribution < 1.29 is 14.3 Å². The summed E-state index contributed by atoms with van der Waals surface area (Å²) in [5.74, 6) is 0.148. The number of carbonyl (C=O) groups is 1. The first-order valence-corrected chi connectivity index (χ1v) is 7.69. The zero-order chi connectivity index (χ0) is 14.5. The van der Waals surface area contributed by atoms with E-state index in [0.29, 0.717) is 23.6 Å². The largest absolute Gasteiger partial charge is 0.494 e. The summed E-state index contributed by atoms with van der Waals surface area (Å²) < 4.78 is 11.6. The molecule has 0 spiro atoms. The summed E-state index contributed by atoms with van der Waals surface area (Å²) in [5, 5.41) is 1.93. The van der Waals surface area contributed by atoms with Crippen LogP contribution in [0, 0.1) is 0 Å². The van der Waals surface area contributed by atoms with Crippen LogP contribution in [-0.2, 0) is 11.3 Å². The third-order valence-electron chi connectivity index (χ3n) is 2.50. The Balaban J connectivity index is 2.07. The molecule has 1 aromatic carbocycles. The molecule has 0 radical (unpaired) electrons. The van der Waals surface area contributed by atoms with Crippen LogP contribution in [0.25, 0.3) is 0 Å². The maximum absolute atomic E-state index is 12.0. The van der Waals surface area contributed by atoms with E-state index in [1.165, 1.54) is 11.3 Å². The van der Waals surface area contributed by atoms with Gasteiger partial charge in [-0.05, 0) is 46.4 Å². The number of thiophene rings is 1. The van der Waals surface area contributed by atoms with E-state index < -0.39 is 5.97 Å². The Kier molecular flexibility index (Phi) is 5.03. The molecule has 0 aliphatic rings. The molecule has 6 heteroatoms. The summed E-state index contributed by atoms with van der Waals surface area (Å²) in [6, 6.07) is 6.80. The molecule has 0 amide bonds. The molecule has 2 rings (SSSR count). The van der Waals surface area contributed by atoms with Crippen LogP contribution < -0.4 is 10.5 Å². The maximum atomic E-state index is 12.0. The van der Waals surface area contributed by atoms with Crippen molar-refractivity contribution in [1.82, 2.24) is 0 Å². The molecule has 4 nitrogen and oxygen atoms in total. The highest BCUT2D eigenvalue weighted by atomic mass is 79.9. The molecule has 106 valence electrons. The van der Waals surface area contributed by atoms with Crippen molar-refractivity contribution in [3.63, 3.8) is 0 Å². The Hall–Kier alpha value is -1.53. The highest BCUT2D eigenvalue weighted by Crippen LogP contribution is 2.24. The second kappa shape index (κ2) is 6.76. The van der Waals surface area contributed by atoms with Gasteiger partial charge in [0.25, 0.3) is 0 Å². The molecule has 0 aliphatic heterocycles. The molecule has 0 saturated heterocycles. The Bertz CT molecular complexity index is 612. The van der Waals surface area contributed by atoms with Crippen LogP contribution in [0.3, 0.4) is 0 Å². The number of hydrogen-bond donors (Lipinski definition) is 1. The fourth-order valence-electron chi connectivity index (χ4n) is 1.63. The number of esters is 1. The van der Waals surface area contributed by atoms with Crippen molar-refractivity contribution in [2.24, 2.45) is 0 Å². The van der Waals surface area contributed by atoms with Gasteiger partial charge in [-0.2, -0.15) is 0 Å². The zero-order valence-electron chi connectivity index (χ0n) is 10.9. The van der Waals surface area contributed by atoms with E-state index in [9.17, 15) is 4.79 Å². The van der Waals surface area contributed by atoms with Crippen LogP contribution in [0.2, 0.25) is 0 Å². The Labute approximate surface area is 129 Å². The Morgan fingerprint density at radius 2 is 2.20 bits per heavy atom. The first-order chi connectivity index (χ1) is 9.60. The first kappa shape index (κ1) is 14.9.